The van der Waals surface area contributed by atoms with Gasteiger partial charge in [-0.1, -0.05) is 254 Å². The fourth-order valence-corrected chi connectivity index (χ4v) is 11.7. The minimum Gasteiger partial charge on any atom is -0.394 e. The summed E-state index contributed by atoms with van der Waals surface area (Å²) in [5.74, 6) is -0.366. The number of aliphatic hydroxyl groups excluding tert-OH is 11. The second-order valence-corrected chi connectivity index (χ2v) is 25.3. The van der Waals surface area contributed by atoms with E-state index in [0.29, 0.717) is 19.3 Å². The number of aliphatic hydroxyl groups is 11. The highest BCUT2D eigenvalue weighted by Gasteiger charge is 2.53. The van der Waals surface area contributed by atoms with Gasteiger partial charge < -0.3 is 89.9 Å². The molecule has 19 heteroatoms. The first-order valence-electron chi connectivity index (χ1n) is 35.7. The largest absolute Gasteiger partial charge is 0.394 e. The van der Waals surface area contributed by atoms with Crippen LogP contribution in [0.5, 0.6) is 0 Å². The van der Waals surface area contributed by atoms with Gasteiger partial charge in [0.05, 0.1) is 38.6 Å². The zero-order chi connectivity index (χ0) is 66.1. The van der Waals surface area contributed by atoms with Crippen molar-refractivity contribution < 1.29 is 89.4 Å². The van der Waals surface area contributed by atoms with E-state index in [9.17, 15) is 61.0 Å². The number of nitrogens with one attached hydrogen (secondary N) is 1. The van der Waals surface area contributed by atoms with E-state index in [-0.39, 0.29) is 12.3 Å². The molecule has 91 heavy (non-hydrogen) atoms. The van der Waals surface area contributed by atoms with Gasteiger partial charge >= 0.3 is 0 Å². The first-order valence-corrected chi connectivity index (χ1v) is 35.7. The van der Waals surface area contributed by atoms with Crippen LogP contribution in [0.25, 0.3) is 0 Å². The zero-order valence-electron chi connectivity index (χ0n) is 55.8. The molecular weight excluding hydrogens is 1170 g/mol. The highest BCUT2D eigenvalue weighted by atomic mass is 16.8. The van der Waals surface area contributed by atoms with Gasteiger partial charge in [-0.05, 0) is 57.8 Å². The van der Waals surface area contributed by atoms with Crippen molar-refractivity contribution in [3.8, 4) is 0 Å². The average Bonchev–Trinajstić information content (AvgIpc) is 0.877. The molecule has 0 saturated carbocycles. The molecule has 3 heterocycles. The Morgan fingerprint density at radius 1 is 0.407 bits per heavy atom. The molecule has 0 aliphatic carbocycles. The lowest BCUT2D eigenvalue weighted by Crippen LogP contribution is -2.66. The Morgan fingerprint density at radius 3 is 1.22 bits per heavy atom. The minimum absolute atomic E-state index is 0.111. The Morgan fingerprint density at radius 2 is 0.769 bits per heavy atom. The molecule has 3 fully saturated rings. The normalized spacial score (nSPS) is 28.3. The molecule has 19 nitrogen and oxygen atoms in total. The number of amides is 1. The smallest absolute Gasteiger partial charge is 0.220 e. The number of carbonyl (C=O) groups excluding carboxylic acids is 1. The topological polar surface area (TPSA) is 307 Å². The van der Waals surface area contributed by atoms with E-state index in [2.05, 4.69) is 67.8 Å². The van der Waals surface area contributed by atoms with Gasteiger partial charge in [-0.15, -0.1) is 0 Å². The molecular formula is C72H127NO18. The van der Waals surface area contributed by atoms with Crippen molar-refractivity contribution in [2.45, 2.75) is 349 Å². The van der Waals surface area contributed by atoms with Crippen LogP contribution in [0.1, 0.15) is 245 Å². The third-order valence-corrected chi connectivity index (χ3v) is 17.5. The second kappa shape index (κ2) is 53.4. The summed E-state index contributed by atoms with van der Waals surface area (Å²) in [6.07, 6.45) is 40.9. The van der Waals surface area contributed by atoms with Crippen molar-refractivity contribution >= 4 is 5.91 Å². The fourth-order valence-electron chi connectivity index (χ4n) is 11.7. The van der Waals surface area contributed by atoms with Gasteiger partial charge in [0.2, 0.25) is 5.91 Å². The number of hydrogen-bond donors (Lipinski definition) is 12. The number of rotatable bonds is 54. The van der Waals surface area contributed by atoms with Crippen LogP contribution in [0.2, 0.25) is 0 Å². The summed E-state index contributed by atoms with van der Waals surface area (Å²) in [6.45, 7) is 1.54. The summed E-state index contributed by atoms with van der Waals surface area (Å²) < 4.78 is 34.2. The zero-order valence-corrected chi connectivity index (χ0v) is 55.8. The van der Waals surface area contributed by atoms with Crippen LogP contribution in [0.3, 0.4) is 0 Å². The molecule has 0 bridgehead atoms. The predicted molar refractivity (Wildman–Crippen MR) is 355 cm³/mol. The van der Waals surface area contributed by atoms with Crippen LogP contribution >= 0.6 is 0 Å². The number of ether oxygens (including phenoxy) is 6. The Bertz CT molecular complexity index is 1930. The molecule has 0 radical (unpaired) electrons. The standard InChI is InChI=1S/C72H127NO18/c1-3-5-7-9-11-13-15-17-18-19-20-21-22-23-24-25-26-27-28-29-30-31-32-33-34-35-36-38-39-41-43-45-47-49-56(77)55(73-60(78)50-48-46-44-42-40-37-16-14-12-10-8-6-4-2)54-86-70-66(84)63(81)68(58(52-75)88-70)91-72-67(85)64(82)69(59(53-76)89-72)90-71-65(83)62(80)61(79)57(51-74)87-71/h6,8,12,14,37,39-41,44,46-47,49,55-59,61-72,74-77,79-85H,3-5,7,9-11,13,15-36,38,42-43,45,48,50-54H2,1-2H3,(H,73,78)/b8-6-,14-12-,40-37-,41-39+,46-44-,49-47+. The van der Waals surface area contributed by atoms with Gasteiger partial charge in [-0.25, -0.2) is 0 Å². The number of hydrogen-bond acceptors (Lipinski definition) is 18. The molecule has 17 atom stereocenters. The summed E-state index contributed by atoms with van der Waals surface area (Å²) in [7, 11) is 0. The van der Waals surface area contributed by atoms with E-state index in [4.69, 9.17) is 28.4 Å². The van der Waals surface area contributed by atoms with Gasteiger partial charge in [-0.3, -0.25) is 4.79 Å². The number of allylic oxidation sites excluding steroid dienone is 11. The molecule has 3 rings (SSSR count). The predicted octanol–water partition coefficient (Wildman–Crippen LogP) is 9.72. The molecule has 0 aromatic rings. The van der Waals surface area contributed by atoms with Crippen LogP contribution in [-0.2, 0) is 33.2 Å². The van der Waals surface area contributed by atoms with Gasteiger partial charge in [-0.2, -0.15) is 0 Å². The highest BCUT2D eigenvalue weighted by molar-refractivity contribution is 5.76. The summed E-state index contributed by atoms with van der Waals surface area (Å²) in [4.78, 5) is 13.3. The Hall–Kier alpha value is -2.77. The van der Waals surface area contributed by atoms with Crippen molar-refractivity contribution in [1.82, 2.24) is 5.32 Å². The van der Waals surface area contributed by atoms with Gasteiger partial charge in [0.25, 0.3) is 0 Å². The lowest BCUT2D eigenvalue weighted by atomic mass is 9.96. The van der Waals surface area contributed by atoms with Crippen LogP contribution in [0, 0.1) is 0 Å². The summed E-state index contributed by atoms with van der Waals surface area (Å²) in [6, 6.07) is -1.03. The monoisotopic (exact) mass is 1290 g/mol. The molecule has 1 amide bonds. The van der Waals surface area contributed by atoms with Crippen molar-refractivity contribution in [2.24, 2.45) is 0 Å². The van der Waals surface area contributed by atoms with Crippen molar-refractivity contribution in [3.63, 3.8) is 0 Å². The third-order valence-electron chi connectivity index (χ3n) is 17.5. The van der Waals surface area contributed by atoms with E-state index < -0.39 is 131 Å². The Labute approximate surface area is 547 Å². The molecule has 0 aromatic heterocycles. The van der Waals surface area contributed by atoms with Gasteiger partial charge in [0, 0.05) is 6.42 Å². The molecule has 17 unspecified atom stereocenters. The maximum absolute atomic E-state index is 13.3. The molecule has 528 valence electrons. The lowest BCUT2D eigenvalue weighted by Gasteiger charge is -2.48. The molecule has 3 aliphatic heterocycles. The quantitative estimate of drug-likeness (QED) is 0.0199. The third kappa shape index (κ3) is 35.2. The first kappa shape index (κ1) is 82.5. The van der Waals surface area contributed by atoms with Crippen LogP contribution in [0.4, 0.5) is 0 Å². The van der Waals surface area contributed by atoms with Gasteiger partial charge in [0.15, 0.2) is 18.9 Å². The molecule has 0 aromatic carbocycles. The van der Waals surface area contributed by atoms with Gasteiger partial charge in [0.1, 0.15) is 73.2 Å². The van der Waals surface area contributed by atoms with Crippen molar-refractivity contribution in [2.75, 3.05) is 26.4 Å². The molecule has 0 spiro atoms. The van der Waals surface area contributed by atoms with E-state index in [1.54, 1.807) is 6.08 Å². The lowest BCUT2D eigenvalue weighted by molar-refractivity contribution is -0.379. The van der Waals surface area contributed by atoms with E-state index >= 15 is 0 Å². The van der Waals surface area contributed by atoms with Crippen LogP contribution < -0.4 is 5.32 Å². The maximum Gasteiger partial charge on any atom is 0.220 e. The summed E-state index contributed by atoms with van der Waals surface area (Å²) in [5.41, 5.74) is 0. The van der Waals surface area contributed by atoms with Crippen LogP contribution in [-0.4, -0.2) is 193 Å². The summed E-state index contributed by atoms with van der Waals surface area (Å²) >= 11 is 0. The van der Waals surface area contributed by atoms with Crippen molar-refractivity contribution in [1.29, 1.82) is 0 Å². The maximum atomic E-state index is 13.3. The molecule has 12 N–H and O–H groups in total. The average molecular weight is 1290 g/mol. The van der Waals surface area contributed by atoms with Crippen molar-refractivity contribution in [3.05, 3.63) is 72.9 Å². The fraction of sp³-hybridized carbons (Fsp3) is 0.819. The Balaban J connectivity index is 1.39. The van der Waals surface area contributed by atoms with E-state index in [0.717, 1.165) is 38.5 Å². The molecule has 3 aliphatic rings. The second-order valence-electron chi connectivity index (χ2n) is 25.3. The SMILES string of the molecule is CC/C=C\C/C=C\C/C=C\C/C=C\CCC(=O)NC(COC1OC(CO)C(OC2OC(CO)C(OC3OC(CO)C(O)C(O)C3O)C(O)C2O)C(O)C1O)C(O)/C=C/CC/C=C/CCCCCCCCCCCCCCCCCCCCCCCCCCCCC. The molecule has 3 saturated heterocycles. The first-order chi connectivity index (χ1) is 44.3. The summed E-state index contributed by atoms with van der Waals surface area (Å²) in [5, 5.41) is 120. The highest BCUT2D eigenvalue weighted by Crippen LogP contribution is 2.33. The number of carbonyl (C=O) groups is 1. The van der Waals surface area contributed by atoms with Crippen LogP contribution in [0.15, 0.2) is 72.9 Å². The Kier molecular flexibility index (Phi) is 48.4. The van der Waals surface area contributed by atoms with E-state index in [1.807, 2.05) is 18.2 Å². The number of unbranched alkanes of at least 4 members (excludes halogenated alkanes) is 28. The minimum atomic E-state index is -1.99. The van der Waals surface area contributed by atoms with E-state index in [1.165, 1.54) is 167 Å².